The Hall–Kier alpha value is -2.44. The smallest absolute Gasteiger partial charge is 0.311 e. The van der Waals surface area contributed by atoms with Crippen LogP contribution in [0, 0.1) is 5.82 Å². The molecule has 1 aromatic heterocycles. The Morgan fingerprint density at radius 1 is 0.897 bits per heavy atom. The molecule has 0 aliphatic rings. The van der Waals surface area contributed by atoms with E-state index in [2.05, 4.69) is 10.3 Å². The van der Waals surface area contributed by atoms with Gasteiger partial charge in [-0.25, -0.2) is 4.39 Å². The number of amides is 1. The number of carbonyl (C=O) groups is 2. The van der Waals surface area contributed by atoms with Crippen LogP contribution in [0.5, 0.6) is 5.75 Å². The average Bonchev–Trinajstić information content (AvgIpc) is 2.63. The van der Waals surface area contributed by atoms with E-state index in [0.29, 0.717) is 33.1 Å². The Balaban J connectivity index is 2.72. The molecule has 0 saturated heterocycles. The number of hydrogen-bond acceptors (Lipinski definition) is 4. The van der Waals surface area contributed by atoms with Gasteiger partial charge in [0, 0.05) is 5.59 Å². The molecule has 1 aromatic carbocycles. The fourth-order valence-corrected chi connectivity index (χ4v) is 3.45. The highest BCUT2D eigenvalue weighted by Crippen LogP contribution is 2.18. The first-order valence-corrected chi connectivity index (χ1v) is 9.24. The molecule has 0 spiro atoms. The van der Waals surface area contributed by atoms with Crippen LogP contribution in [0.3, 0.4) is 0 Å². The molecule has 3 N–H and O–H groups in total. The van der Waals surface area contributed by atoms with E-state index >= 15 is 0 Å². The van der Waals surface area contributed by atoms with E-state index in [9.17, 15) is 24.2 Å². The number of carboxylic acid groups (broad SMARTS) is 1. The van der Waals surface area contributed by atoms with Crippen molar-refractivity contribution in [3.05, 3.63) is 11.5 Å². The first-order valence-electron chi connectivity index (χ1n) is 9.24. The molecule has 0 atom stereocenters. The largest absolute Gasteiger partial charge is 0.506 e. The molecule has 0 unspecified atom stereocenters. The van der Waals surface area contributed by atoms with Crippen LogP contribution in [0.4, 0.5) is 4.39 Å². The van der Waals surface area contributed by atoms with Crippen LogP contribution in [-0.2, 0) is 4.79 Å². The monoisotopic (exact) mass is 386 g/mol. The van der Waals surface area contributed by atoms with Crippen molar-refractivity contribution < 1.29 is 24.2 Å². The second-order valence-corrected chi connectivity index (χ2v) is 7.97. The number of nitrogens with zero attached hydrogens (tertiary/aromatic N) is 1. The average molecular weight is 385 g/mol. The van der Waals surface area contributed by atoms with Crippen LogP contribution in [0.25, 0.3) is 11.1 Å². The molecule has 140 valence electrons. The number of aromatic nitrogens is 1. The topological polar surface area (TPSA) is 99.5 Å². The number of hydrogen-bond donors (Lipinski definition) is 3. The van der Waals surface area contributed by atoms with Crippen molar-refractivity contribution in [1.29, 1.82) is 0 Å². The summed E-state index contributed by atoms with van der Waals surface area (Å²) in [5.41, 5.74) is 4.46. The van der Waals surface area contributed by atoms with Crippen molar-refractivity contribution in [2.75, 3.05) is 0 Å². The molecule has 0 aliphatic carbocycles. The Labute approximate surface area is 176 Å². The molecule has 0 radical (unpaired) electrons. The van der Waals surface area contributed by atoms with E-state index in [1.165, 1.54) is 15.7 Å². The van der Waals surface area contributed by atoms with E-state index in [1.807, 2.05) is 15.7 Å². The second-order valence-electron chi connectivity index (χ2n) is 7.97. The maximum Gasteiger partial charge on any atom is 0.311 e. The van der Waals surface area contributed by atoms with Crippen molar-refractivity contribution >= 4 is 108 Å². The zero-order chi connectivity index (χ0) is 22.4. The fraction of sp³-hybridized carbons (Fsp3) is 0.0714. The second kappa shape index (κ2) is 7.76. The van der Waals surface area contributed by atoms with Gasteiger partial charge in [0.1, 0.15) is 66.5 Å². The lowest BCUT2D eigenvalue weighted by molar-refractivity contribution is -0.138. The number of pyridine rings is 1. The molecular weight excluding hydrogens is 366 g/mol. The van der Waals surface area contributed by atoms with Crippen LogP contribution in [0.1, 0.15) is 10.5 Å². The Bertz CT molecular complexity index is 1030. The standard InChI is InChI=1S/C14H19B8FN2O4/c15-3-1(4(16)8(23)7(19)6(3)18)2-5(17)10(26)9(24-11(2)20)12(27)25-14(21,22)13(28)29/h26H,15-22H2,(H,25,27)(H,28,29). The zero-order valence-corrected chi connectivity index (χ0v) is 18.0. The van der Waals surface area contributed by atoms with E-state index in [0.717, 1.165) is 10.9 Å². The lowest BCUT2D eigenvalue weighted by atomic mass is 9.62. The molecule has 1 amide bonds. The number of carboxylic acids is 1. The van der Waals surface area contributed by atoms with Crippen molar-refractivity contribution in [3.63, 3.8) is 0 Å². The Morgan fingerprint density at radius 3 is 1.97 bits per heavy atom. The Morgan fingerprint density at radius 2 is 1.45 bits per heavy atom. The predicted molar refractivity (Wildman–Crippen MR) is 135 cm³/mol. The third-order valence-electron chi connectivity index (χ3n) is 5.56. The van der Waals surface area contributed by atoms with Crippen LogP contribution < -0.4 is 38.2 Å². The van der Waals surface area contributed by atoms with Gasteiger partial charge in [-0.05, 0) is 22.1 Å². The highest BCUT2D eigenvalue weighted by molar-refractivity contribution is 6.62. The van der Waals surface area contributed by atoms with Crippen molar-refractivity contribution in [3.8, 4) is 16.9 Å². The maximum atomic E-state index is 14.7. The third-order valence-corrected chi connectivity index (χ3v) is 5.56. The molecule has 2 aromatic rings. The molecule has 1 heterocycles. The van der Waals surface area contributed by atoms with Gasteiger partial charge in [0.05, 0.1) is 5.34 Å². The molecular formula is C14H19B8FN2O4. The van der Waals surface area contributed by atoms with Gasteiger partial charge in [0.2, 0.25) is 0 Å². The van der Waals surface area contributed by atoms with Crippen molar-refractivity contribution in [1.82, 2.24) is 10.3 Å². The summed E-state index contributed by atoms with van der Waals surface area (Å²) in [4.78, 5) is 28.1. The van der Waals surface area contributed by atoms with Gasteiger partial charge in [0.25, 0.3) is 5.91 Å². The summed E-state index contributed by atoms with van der Waals surface area (Å²) < 4.78 is 14.7. The summed E-state index contributed by atoms with van der Waals surface area (Å²) in [6.07, 6.45) is 0. The van der Waals surface area contributed by atoms with E-state index in [-0.39, 0.29) is 17.3 Å². The number of aliphatic carboxylic acids is 1. The number of rotatable bonds is 4. The SMILES string of the molecule is Bc1nc(C(=O)NC(B)(B)C(=O)O)c(O)c(B)c1-c1c(B)c(B)c(B)c(F)c1B. The minimum absolute atomic E-state index is 0.266. The Kier molecular flexibility index (Phi) is 6.12. The minimum atomic E-state index is -1.53. The summed E-state index contributed by atoms with van der Waals surface area (Å²) in [7, 11) is 13.1. The van der Waals surface area contributed by atoms with E-state index < -0.39 is 17.2 Å². The summed E-state index contributed by atoms with van der Waals surface area (Å²) in [6.45, 7) is 0. The molecule has 15 heteroatoms. The van der Waals surface area contributed by atoms with Gasteiger partial charge in [0.15, 0.2) is 13.5 Å². The van der Waals surface area contributed by atoms with Gasteiger partial charge in [-0.1, -0.05) is 16.4 Å². The highest BCUT2D eigenvalue weighted by Gasteiger charge is 2.31. The van der Waals surface area contributed by atoms with Gasteiger partial charge in [-0.15, -0.1) is 0 Å². The quantitative estimate of drug-likeness (QED) is 0.455. The van der Waals surface area contributed by atoms with Gasteiger partial charge in [-0.2, -0.15) is 0 Å². The molecule has 0 aliphatic heterocycles. The lowest BCUT2D eigenvalue weighted by Crippen LogP contribution is -2.56. The first-order chi connectivity index (χ1) is 13.2. The molecule has 0 fully saturated rings. The van der Waals surface area contributed by atoms with Crippen molar-refractivity contribution in [2.45, 2.75) is 5.34 Å². The third kappa shape index (κ3) is 3.87. The molecule has 0 saturated carbocycles. The predicted octanol–water partition coefficient (Wildman–Crippen LogP) is -11.1. The molecule has 6 nitrogen and oxygen atoms in total. The maximum absolute atomic E-state index is 14.7. The molecule has 2 rings (SSSR count). The van der Waals surface area contributed by atoms with Crippen LogP contribution in [-0.4, -0.2) is 95.2 Å². The van der Waals surface area contributed by atoms with Crippen LogP contribution in [0.15, 0.2) is 0 Å². The van der Waals surface area contributed by atoms with Crippen LogP contribution in [0.2, 0.25) is 0 Å². The molecule has 0 bridgehead atoms. The number of aromatic hydroxyl groups is 1. The number of halogens is 1. The van der Waals surface area contributed by atoms with E-state index in [1.54, 1.807) is 31.4 Å². The fourth-order valence-electron chi connectivity index (χ4n) is 3.45. The van der Waals surface area contributed by atoms with Crippen LogP contribution >= 0.6 is 0 Å². The van der Waals surface area contributed by atoms with Gasteiger partial charge in [-0.3, -0.25) is 14.6 Å². The normalized spacial score (nSPS) is 11.2. The molecule has 29 heavy (non-hydrogen) atoms. The number of carbonyl (C=O) groups excluding carboxylic acids is 1. The lowest BCUT2D eigenvalue weighted by Gasteiger charge is -2.24. The first kappa shape index (κ1) is 22.8. The van der Waals surface area contributed by atoms with Crippen molar-refractivity contribution in [2.24, 2.45) is 0 Å². The summed E-state index contributed by atoms with van der Waals surface area (Å²) in [5, 5.41) is 20.7. The highest BCUT2D eigenvalue weighted by atomic mass is 19.1. The summed E-state index contributed by atoms with van der Waals surface area (Å²) in [5.74, 6) is -2.69. The number of benzene rings is 1. The van der Waals surface area contributed by atoms with Gasteiger partial charge >= 0.3 is 5.97 Å². The summed E-state index contributed by atoms with van der Waals surface area (Å²) >= 11 is 0. The summed E-state index contributed by atoms with van der Waals surface area (Å²) in [6, 6.07) is 0. The number of nitrogens with one attached hydrogen (secondary N) is 1. The van der Waals surface area contributed by atoms with E-state index in [4.69, 9.17) is 0 Å². The van der Waals surface area contributed by atoms with Gasteiger partial charge < -0.3 is 15.5 Å². The zero-order valence-electron chi connectivity index (χ0n) is 18.0. The minimum Gasteiger partial charge on any atom is -0.506 e.